The van der Waals surface area contributed by atoms with E-state index < -0.39 is 0 Å². The molecule has 3 rings (SSSR count). The molecule has 1 amide bonds. The number of amides is 1. The molecule has 24 heavy (non-hydrogen) atoms. The van der Waals surface area contributed by atoms with Crippen LogP contribution < -0.4 is 5.32 Å². The van der Waals surface area contributed by atoms with E-state index in [4.69, 9.17) is 0 Å². The Hall–Kier alpha value is -1.73. The van der Waals surface area contributed by atoms with Crippen molar-refractivity contribution in [2.24, 2.45) is 13.0 Å². The van der Waals surface area contributed by atoms with E-state index in [-0.39, 0.29) is 11.8 Å². The highest BCUT2D eigenvalue weighted by Gasteiger charge is 2.25. The first-order chi connectivity index (χ1) is 11.6. The summed E-state index contributed by atoms with van der Waals surface area (Å²) in [4.78, 5) is 14.8. The van der Waals surface area contributed by atoms with Gasteiger partial charge in [-0.3, -0.25) is 9.48 Å². The first-order valence-corrected chi connectivity index (χ1v) is 9.04. The van der Waals surface area contributed by atoms with Crippen LogP contribution in [0.1, 0.15) is 18.5 Å². The van der Waals surface area contributed by atoms with Gasteiger partial charge in [-0.05, 0) is 54.0 Å². The Morgan fingerprint density at radius 1 is 1.33 bits per heavy atom. The molecule has 2 aromatic rings. The lowest BCUT2D eigenvalue weighted by molar-refractivity contribution is -0.121. The molecule has 1 aromatic carbocycles. The number of halogens is 1. The number of rotatable bonds is 5. The smallest absolute Gasteiger partial charge is 0.227 e. The number of para-hydroxylation sites is 1. The number of hydrogen-bond donors (Lipinski definition) is 1. The van der Waals surface area contributed by atoms with Crippen molar-refractivity contribution in [1.29, 1.82) is 0 Å². The number of nitrogens with zero attached hydrogens (tertiary/aromatic N) is 4. The molecule has 0 saturated carbocycles. The number of carbonyl (C=O) groups is 1. The van der Waals surface area contributed by atoms with Gasteiger partial charge in [-0.1, -0.05) is 17.3 Å². The first-order valence-electron chi connectivity index (χ1n) is 8.25. The number of piperidine rings is 1. The van der Waals surface area contributed by atoms with Gasteiger partial charge in [0.1, 0.15) is 0 Å². The van der Waals surface area contributed by atoms with E-state index in [9.17, 15) is 4.79 Å². The minimum Gasteiger partial charge on any atom is -0.325 e. The normalized spacial score (nSPS) is 16.2. The molecule has 6 nitrogen and oxygen atoms in total. The second-order valence-electron chi connectivity index (χ2n) is 6.22. The number of nitrogens with one attached hydrogen (secondary N) is 1. The number of aryl methyl sites for hydroxylation is 1. The minimum atomic E-state index is 0.0878. The molecule has 1 aliphatic heterocycles. The Labute approximate surface area is 150 Å². The summed E-state index contributed by atoms with van der Waals surface area (Å²) in [7, 11) is 1.88. The summed E-state index contributed by atoms with van der Waals surface area (Å²) in [5.41, 5.74) is 1.86. The van der Waals surface area contributed by atoms with Crippen LogP contribution in [-0.2, 0) is 18.3 Å². The van der Waals surface area contributed by atoms with E-state index in [0.29, 0.717) is 0 Å². The molecular weight excluding hydrogens is 370 g/mol. The maximum atomic E-state index is 12.4. The van der Waals surface area contributed by atoms with E-state index >= 15 is 0 Å². The fourth-order valence-corrected chi connectivity index (χ4v) is 3.38. The van der Waals surface area contributed by atoms with Crippen LogP contribution >= 0.6 is 15.9 Å². The van der Waals surface area contributed by atoms with Crippen molar-refractivity contribution in [2.45, 2.75) is 19.3 Å². The second-order valence-corrected chi connectivity index (χ2v) is 7.07. The van der Waals surface area contributed by atoms with Gasteiger partial charge in [0.25, 0.3) is 0 Å². The number of hydrogen-bond acceptors (Lipinski definition) is 4. The average Bonchev–Trinajstić information content (AvgIpc) is 3.01. The lowest BCUT2D eigenvalue weighted by Gasteiger charge is -2.31. The Kier molecular flexibility index (Phi) is 5.63. The van der Waals surface area contributed by atoms with Gasteiger partial charge < -0.3 is 10.2 Å². The zero-order valence-corrected chi connectivity index (χ0v) is 15.4. The molecule has 1 aromatic heterocycles. The van der Waals surface area contributed by atoms with Crippen molar-refractivity contribution in [3.8, 4) is 0 Å². The van der Waals surface area contributed by atoms with E-state index in [1.165, 1.54) is 0 Å². The lowest BCUT2D eigenvalue weighted by atomic mass is 9.95. The molecule has 0 bridgehead atoms. The summed E-state index contributed by atoms with van der Waals surface area (Å²) >= 11 is 3.47. The maximum absolute atomic E-state index is 12.4. The Balaban J connectivity index is 1.44. The molecule has 2 heterocycles. The summed E-state index contributed by atoms with van der Waals surface area (Å²) in [6.45, 7) is 2.87. The summed E-state index contributed by atoms with van der Waals surface area (Å²) in [6, 6.07) is 7.72. The number of anilines is 1. The number of benzene rings is 1. The van der Waals surface area contributed by atoms with Crippen LogP contribution in [0.2, 0.25) is 0 Å². The van der Waals surface area contributed by atoms with Gasteiger partial charge in [0, 0.05) is 36.6 Å². The van der Waals surface area contributed by atoms with E-state index in [1.807, 2.05) is 37.5 Å². The highest BCUT2D eigenvalue weighted by molar-refractivity contribution is 9.10. The Morgan fingerprint density at radius 3 is 2.75 bits per heavy atom. The van der Waals surface area contributed by atoms with Crippen LogP contribution in [0.5, 0.6) is 0 Å². The predicted octanol–water partition coefficient (Wildman–Crippen LogP) is 2.47. The molecule has 1 saturated heterocycles. The van der Waals surface area contributed by atoms with Crippen molar-refractivity contribution in [3.63, 3.8) is 0 Å². The molecule has 7 heteroatoms. The Morgan fingerprint density at radius 2 is 2.08 bits per heavy atom. The fraction of sp³-hybridized carbons (Fsp3) is 0.471. The summed E-state index contributed by atoms with van der Waals surface area (Å²) in [5, 5.41) is 11.1. The molecule has 0 aliphatic carbocycles. The van der Waals surface area contributed by atoms with Crippen molar-refractivity contribution in [1.82, 2.24) is 19.9 Å². The largest absolute Gasteiger partial charge is 0.325 e. The van der Waals surface area contributed by atoms with Crippen molar-refractivity contribution >= 4 is 27.5 Å². The third-order valence-electron chi connectivity index (χ3n) is 4.42. The van der Waals surface area contributed by atoms with Crippen molar-refractivity contribution in [2.75, 3.05) is 25.0 Å². The molecule has 1 N–H and O–H groups in total. The van der Waals surface area contributed by atoms with Crippen LogP contribution in [-0.4, -0.2) is 45.4 Å². The quantitative estimate of drug-likeness (QED) is 0.849. The second kappa shape index (κ2) is 7.90. The fourth-order valence-electron chi connectivity index (χ4n) is 3.00. The van der Waals surface area contributed by atoms with Gasteiger partial charge in [-0.25, -0.2) is 0 Å². The van der Waals surface area contributed by atoms with Crippen LogP contribution in [0, 0.1) is 5.92 Å². The predicted molar refractivity (Wildman–Crippen MR) is 96.6 cm³/mol. The lowest BCUT2D eigenvalue weighted by Crippen LogP contribution is -2.39. The molecule has 0 unspecified atom stereocenters. The monoisotopic (exact) mass is 391 g/mol. The summed E-state index contributed by atoms with van der Waals surface area (Å²) < 4.78 is 2.65. The maximum Gasteiger partial charge on any atom is 0.227 e. The third kappa shape index (κ3) is 4.42. The molecular formula is C17H22BrN5O. The van der Waals surface area contributed by atoms with Crippen LogP contribution in [0.25, 0.3) is 0 Å². The number of carbonyl (C=O) groups excluding carboxylic acids is 1. The van der Waals surface area contributed by atoms with Crippen LogP contribution in [0.15, 0.2) is 34.9 Å². The van der Waals surface area contributed by atoms with E-state index in [2.05, 4.69) is 36.5 Å². The highest BCUT2D eigenvalue weighted by atomic mass is 79.9. The van der Waals surface area contributed by atoms with Crippen molar-refractivity contribution in [3.05, 3.63) is 40.6 Å². The summed E-state index contributed by atoms with van der Waals surface area (Å²) in [5.74, 6) is 0.209. The van der Waals surface area contributed by atoms with Crippen molar-refractivity contribution < 1.29 is 4.79 Å². The molecule has 1 fully saturated rings. The van der Waals surface area contributed by atoms with Gasteiger partial charge in [-0.15, -0.1) is 5.10 Å². The van der Waals surface area contributed by atoms with E-state index in [0.717, 1.165) is 54.8 Å². The molecule has 0 radical (unpaired) electrons. The minimum absolute atomic E-state index is 0.0878. The van der Waals surface area contributed by atoms with Crippen LogP contribution in [0.4, 0.5) is 5.69 Å². The van der Waals surface area contributed by atoms with Gasteiger partial charge >= 0.3 is 0 Å². The van der Waals surface area contributed by atoms with Crippen LogP contribution in [0.3, 0.4) is 0 Å². The molecule has 1 aliphatic rings. The standard InChI is InChI=1S/C17H22BrN5O/c1-22-12-14(20-21-22)8-11-23-9-6-13(7-10-23)17(24)19-16-5-3-2-4-15(16)18/h2-5,12-13H,6-11H2,1H3,(H,19,24). The van der Waals surface area contributed by atoms with Gasteiger partial charge in [0.2, 0.25) is 5.91 Å². The summed E-state index contributed by atoms with van der Waals surface area (Å²) in [6.07, 6.45) is 4.66. The highest BCUT2D eigenvalue weighted by Crippen LogP contribution is 2.24. The Bertz CT molecular complexity index is 694. The molecule has 0 atom stereocenters. The zero-order chi connectivity index (χ0) is 16.9. The first kappa shape index (κ1) is 17.1. The SMILES string of the molecule is Cn1cc(CCN2CCC(C(=O)Nc3ccccc3Br)CC2)nn1. The van der Waals surface area contributed by atoms with E-state index in [1.54, 1.807) is 4.68 Å². The number of likely N-dealkylation sites (tertiary alicyclic amines) is 1. The molecule has 128 valence electrons. The van der Waals surface area contributed by atoms with Gasteiger partial charge in [-0.2, -0.15) is 0 Å². The topological polar surface area (TPSA) is 63.1 Å². The average molecular weight is 392 g/mol. The van der Waals surface area contributed by atoms with Gasteiger partial charge in [0.15, 0.2) is 0 Å². The molecule has 0 spiro atoms. The zero-order valence-electron chi connectivity index (χ0n) is 13.8. The third-order valence-corrected chi connectivity index (χ3v) is 5.12. The van der Waals surface area contributed by atoms with Gasteiger partial charge in [0.05, 0.1) is 11.4 Å². The number of aromatic nitrogens is 3.